The lowest BCUT2D eigenvalue weighted by Gasteiger charge is -2.39. The number of nitrogens with zero attached hydrogens (tertiary/aromatic N) is 3. The molecule has 3 saturated heterocycles. The molecule has 1 aromatic carbocycles. The third kappa shape index (κ3) is 5.17. The lowest BCUT2D eigenvalue weighted by atomic mass is 9.86. The summed E-state index contributed by atoms with van der Waals surface area (Å²) in [4.78, 5) is 36.7. The van der Waals surface area contributed by atoms with Crippen LogP contribution < -0.4 is 5.32 Å². The van der Waals surface area contributed by atoms with E-state index in [1.165, 1.54) is 5.56 Å². The number of rotatable bonds is 4. The van der Waals surface area contributed by atoms with Gasteiger partial charge in [-0.2, -0.15) is 0 Å². The fourth-order valence-electron chi connectivity index (χ4n) is 6.80. The minimum absolute atomic E-state index is 0.0738. The number of piperazine rings is 1. The molecule has 0 saturated carbocycles. The maximum atomic E-state index is 13.4. The van der Waals surface area contributed by atoms with Crippen molar-refractivity contribution in [1.82, 2.24) is 19.7 Å². The van der Waals surface area contributed by atoms with E-state index in [1.54, 1.807) is 0 Å². The van der Waals surface area contributed by atoms with Crippen LogP contribution in [-0.4, -0.2) is 97.1 Å². The fourth-order valence-corrected chi connectivity index (χ4v) is 6.80. The number of nitrogens with one attached hydrogen (secondary N) is 2. The Labute approximate surface area is 231 Å². The molecule has 0 atom stereocenters. The van der Waals surface area contributed by atoms with Gasteiger partial charge in [-0.15, -0.1) is 0 Å². The second kappa shape index (κ2) is 10.9. The van der Waals surface area contributed by atoms with Crippen LogP contribution in [0.3, 0.4) is 0 Å². The van der Waals surface area contributed by atoms with Crippen molar-refractivity contribution in [3.63, 3.8) is 0 Å². The number of aryl methyl sites for hydroxylation is 1. The van der Waals surface area contributed by atoms with Gasteiger partial charge in [0.25, 0.3) is 11.8 Å². The van der Waals surface area contributed by atoms with Gasteiger partial charge in [-0.25, -0.2) is 0 Å². The molecule has 8 nitrogen and oxygen atoms in total. The average molecular weight is 532 g/mol. The van der Waals surface area contributed by atoms with Crippen LogP contribution in [0.2, 0.25) is 0 Å². The number of aromatic nitrogens is 1. The quantitative estimate of drug-likeness (QED) is 0.586. The monoisotopic (exact) mass is 531 g/mol. The van der Waals surface area contributed by atoms with Crippen molar-refractivity contribution in [3.05, 3.63) is 51.8 Å². The number of carbonyl (C=O) groups is 2. The molecule has 2 N–H and O–H groups in total. The van der Waals surface area contributed by atoms with Crippen molar-refractivity contribution in [2.45, 2.75) is 51.5 Å². The SMILES string of the molecule is Cc1[nH]c(/C=C2\C(=O)Nc3ccc(C4CCN(C5CCOCC5)CC4)cc32)c(C)c1C(=O)N1CCN(C)CC1. The van der Waals surface area contributed by atoms with Crippen LogP contribution >= 0.6 is 0 Å². The van der Waals surface area contributed by atoms with E-state index in [2.05, 4.69) is 45.3 Å². The third-order valence-corrected chi connectivity index (χ3v) is 9.30. The molecule has 3 fully saturated rings. The van der Waals surface area contributed by atoms with Crippen molar-refractivity contribution < 1.29 is 14.3 Å². The van der Waals surface area contributed by atoms with E-state index in [9.17, 15) is 9.59 Å². The number of hydrogen-bond donors (Lipinski definition) is 2. The number of piperidine rings is 1. The largest absolute Gasteiger partial charge is 0.381 e. The Kier molecular flexibility index (Phi) is 7.35. The highest BCUT2D eigenvalue weighted by Gasteiger charge is 2.31. The van der Waals surface area contributed by atoms with Gasteiger partial charge in [0.2, 0.25) is 0 Å². The molecule has 2 aromatic rings. The summed E-state index contributed by atoms with van der Waals surface area (Å²) >= 11 is 0. The molecule has 2 amide bonds. The van der Waals surface area contributed by atoms with E-state index in [0.717, 1.165) is 112 Å². The number of ether oxygens (including phenoxy) is 1. The highest BCUT2D eigenvalue weighted by atomic mass is 16.5. The predicted molar refractivity (Wildman–Crippen MR) is 154 cm³/mol. The second-order valence-corrected chi connectivity index (χ2v) is 11.7. The number of aromatic amines is 1. The molecule has 0 bridgehead atoms. The van der Waals surface area contributed by atoms with Crippen LogP contribution in [0.4, 0.5) is 5.69 Å². The molecule has 0 unspecified atom stereocenters. The van der Waals surface area contributed by atoms with Gasteiger partial charge in [0.05, 0.1) is 11.1 Å². The highest BCUT2D eigenvalue weighted by Crippen LogP contribution is 2.38. The molecule has 5 heterocycles. The van der Waals surface area contributed by atoms with E-state index >= 15 is 0 Å². The van der Waals surface area contributed by atoms with Crippen molar-refractivity contribution in [2.24, 2.45) is 0 Å². The Morgan fingerprint density at radius 3 is 2.44 bits per heavy atom. The Hall–Kier alpha value is -2.94. The molecule has 0 spiro atoms. The zero-order valence-electron chi connectivity index (χ0n) is 23.5. The number of amides is 2. The van der Waals surface area contributed by atoms with Gasteiger partial charge in [-0.3, -0.25) is 9.59 Å². The van der Waals surface area contributed by atoms with E-state index in [-0.39, 0.29) is 11.8 Å². The number of anilines is 1. The van der Waals surface area contributed by atoms with Gasteiger partial charge in [0.1, 0.15) is 0 Å². The lowest BCUT2D eigenvalue weighted by Crippen LogP contribution is -2.47. The molecule has 6 rings (SSSR count). The lowest BCUT2D eigenvalue weighted by molar-refractivity contribution is -0.110. The van der Waals surface area contributed by atoms with E-state index < -0.39 is 0 Å². The Balaban J connectivity index is 1.21. The van der Waals surface area contributed by atoms with Crippen LogP contribution in [0, 0.1) is 13.8 Å². The molecular weight excluding hydrogens is 490 g/mol. The summed E-state index contributed by atoms with van der Waals surface area (Å²) in [7, 11) is 2.09. The minimum atomic E-state index is -0.0879. The maximum absolute atomic E-state index is 13.4. The number of carbonyl (C=O) groups excluding carboxylic acids is 2. The number of likely N-dealkylation sites (N-methyl/N-ethyl adjacent to an activating group) is 1. The average Bonchev–Trinajstić information content (AvgIpc) is 3.42. The summed E-state index contributed by atoms with van der Waals surface area (Å²) in [5.41, 5.74) is 7.12. The Morgan fingerprint density at radius 2 is 1.72 bits per heavy atom. The summed E-state index contributed by atoms with van der Waals surface area (Å²) in [6.07, 6.45) is 6.51. The van der Waals surface area contributed by atoms with Gasteiger partial charge in [-0.05, 0) is 94.9 Å². The summed E-state index contributed by atoms with van der Waals surface area (Å²) in [6.45, 7) is 11.2. The highest BCUT2D eigenvalue weighted by molar-refractivity contribution is 6.35. The number of H-pyrrole nitrogens is 1. The van der Waals surface area contributed by atoms with Gasteiger partial charge < -0.3 is 29.7 Å². The van der Waals surface area contributed by atoms with Gasteiger partial charge in [0, 0.05) is 68.1 Å². The summed E-state index contributed by atoms with van der Waals surface area (Å²) in [6, 6.07) is 7.13. The van der Waals surface area contributed by atoms with Crippen molar-refractivity contribution in [2.75, 3.05) is 64.8 Å². The molecule has 1 aromatic heterocycles. The normalized spacial score (nSPS) is 22.9. The van der Waals surface area contributed by atoms with Gasteiger partial charge in [0.15, 0.2) is 0 Å². The zero-order valence-corrected chi connectivity index (χ0v) is 23.5. The van der Waals surface area contributed by atoms with Crippen molar-refractivity contribution in [1.29, 1.82) is 0 Å². The van der Waals surface area contributed by atoms with E-state index in [0.29, 0.717) is 17.5 Å². The third-order valence-electron chi connectivity index (χ3n) is 9.30. The first-order valence-electron chi connectivity index (χ1n) is 14.5. The van der Waals surface area contributed by atoms with Crippen LogP contribution in [0.1, 0.15) is 70.0 Å². The van der Waals surface area contributed by atoms with Crippen LogP contribution in [0.25, 0.3) is 11.6 Å². The Morgan fingerprint density at radius 1 is 1.00 bits per heavy atom. The molecule has 8 heteroatoms. The minimum Gasteiger partial charge on any atom is -0.381 e. The van der Waals surface area contributed by atoms with Crippen LogP contribution in [0.15, 0.2) is 18.2 Å². The first-order chi connectivity index (χ1) is 18.9. The first-order valence-corrected chi connectivity index (χ1v) is 14.5. The van der Waals surface area contributed by atoms with E-state index in [4.69, 9.17) is 4.74 Å². The molecular formula is C31H41N5O3. The van der Waals surface area contributed by atoms with E-state index in [1.807, 2.05) is 24.8 Å². The van der Waals surface area contributed by atoms with Gasteiger partial charge >= 0.3 is 0 Å². The van der Waals surface area contributed by atoms with Gasteiger partial charge in [-0.1, -0.05) is 6.07 Å². The summed E-state index contributed by atoms with van der Waals surface area (Å²) < 4.78 is 5.55. The summed E-state index contributed by atoms with van der Waals surface area (Å²) in [5.74, 6) is 0.491. The number of benzene rings is 1. The Bertz CT molecular complexity index is 1280. The molecule has 4 aliphatic rings. The van der Waals surface area contributed by atoms with Crippen LogP contribution in [-0.2, 0) is 9.53 Å². The first kappa shape index (κ1) is 26.3. The van der Waals surface area contributed by atoms with Crippen LogP contribution in [0.5, 0.6) is 0 Å². The molecule has 0 aliphatic carbocycles. The molecule has 0 radical (unpaired) electrons. The second-order valence-electron chi connectivity index (χ2n) is 11.7. The molecule has 4 aliphatic heterocycles. The fraction of sp³-hybridized carbons (Fsp3) is 0.548. The molecule has 39 heavy (non-hydrogen) atoms. The zero-order chi connectivity index (χ0) is 27.1. The van der Waals surface area contributed by atoms with Crippen molar-refractivity contribution >= 4 is 29.2 Å². The smallest absolute Gasteiger partial charge is 0.256 e. The molecule has 208 valence electrons. The topological polar surface area (TPSA) is 80.9 Å². The van der Waals surface area contributed by atoms with Crippen molar-refractivity contribution in [3.8, 4) is 0 Å². The standard InChI is InChI=1S/C31H41N5O3/c1-20-28(32-21(2)29(20)31(38)36-14-12-34(3)13-15-36)19-26-25-18-23(4-5-27(25)33-30(26)37)22-6-10-35(11-7-22)24-8-16-39-17-9-24/h4-5,18-19,22,24,32H,6-17H2,1-3H3,(H,33,37)/b26-19-. The number of hydrogen-bond acceptors (Lipinski definition) is 5. The summed E-state index contributed by atoms with van der Waals surface area (Å²) in [5, 5.41) is 3.05. The number of fused-ring (bicyclic) bond motifs is 1. The predicted octanol–water partition coefficient (Wildman–Crippen LogP) is 3.87. The number of likely N-dealkylation sites (tertiary alicyclic amines) is 1. The maximum Gasteiger partial charge on any atom is 0.256 e.